The molecule has 0 spiro atoms. The molecule has 1 aliphatic rings. The molecule has 1 N–H and O–H groups in total. The van der Waals surface area contributed by atoms with Crippen molar-refractivity contribution in [2.75, 3.05) is 0 Å². The van der Waals surface area contributed by atoms with Crippen LogP contribution in [-0.4, -0.2) is 31.1 Å². The Morgan fingerprint density at radius 2 is 2.00 bits per heavy atom. The molecule has 1 fully saturated rings. The standard InChI is InChI=1S/C11H22O2Si/c1-5-6-7-8-9(12)10-11(13-10)14(2,3)4/h6-7,9-12H,5,8H2,1-4H3/b7-6-/t9-,10+,11+/m0/s1. The summed E-state index contributed by atoms with van der Waals surface area (Å²) in [4.78, 5) is 0. The number of allylic oxidation sites excluding steroid dienone is 1. The summed E-state index contributed by atoms with van der Waals surface area (Å²) in [5.41, 5.74) is 0.368. The number of hydrogen-bond acceptors (Lipinski definition) is 2. The van der Waals surface area contributed by atoms with Crippen LogP contribution in [0.15, 0.2) is 12.2 Å². The topological polar surface area (TPSA) is 32.8 Å². The van der Waals surface area contributed by atoms with Crippen molar-refractivity contribution in [1.82, 2.24) is 0 Å². The third kappa shape index (κ3) is 3.22. The zero-order chi connectivity index (χ0) is 10.8. The fourth-order valence-corrected chi connectivity index (χ4v) is 3.42. The van der Waals surface area contributed by atoms with E-state index in [0.29, 0.717) is 5.73 Å². The molecule has 0 aromatic rings. The minimum absolute atomic E-state index is 0.114. The van der Waals surface area contributed by atoms with Gasteiger partial charge in [0.15, 0.2) is 0 Å². The van der Waals surface area contributed by atoms with Gasteiger partial charge in [0.2, 0.25) is 0 Å². The van der Waals surface area contributed by atoms with Crippen LogP contribution in [0.1, 0.15) is 19.8 Å². The Hall–Kier alpha value is -0.123. The van der Waals surface area contributed by atoms with Crippen molar-refractivity contribution >= 4 is 8.07 Å². The number of aliphatic hydroxyl groups is 1. The molecular weight excluding hydrogens is 192 g/mol. The van der Waals surface area contributed by atoms with Gasteiger partial charge in [0, 0.05) is 0 Å². The lowest BCUT2D eigenvalue weighted by Crippen LogP contribution is -2.33. The summed E-state index contributed by atoms with van der Waals surface area (Å²) in [6.45, 7) is 8.95. The summed E-state index contributed by atoms with van der Waals surface area (Å²) < 4.78 is 5.55. The smallest absolute Gasteiger partial charge is 0.107 e. The molecule has 0 unspecified atom stereocenters. The maximum Gasteiger partial charge on any atom is 0.107 e. The number of rotatable bonds is 5. The Labute approximate surface area is 88.0 Å². The third-order valence-electron chi connectivity index (χ3n) is 2.54. The minimum atomic E-state index is -1.20. The predicted molar refractivity (Wildman–Crippen MR) is 62.1 cm³/mol. The SMILES string of the molecule is CC/C=C\C[C@H](O)[C@H]1O[C@@H]1[Si](C)(C)C. The average Bonchev–Trinajstić information content (AvgIpc) is 2.81. The van der Waals surface area contributed by atoms with Gasteiger partial charge in [0.1, 0.15) is 6.10 Å². The maximum atomic E-state index is 9.80. The van der Waals surface area contributed by atoms with Crippen LogP contribution in [0.5, 0.6) is 0 Å². The van der Waals surface area contributed by atoms with Crippen LogP contribution in [0.4, 0.5) is 0 Å². The number of aliphatic hydroxyl groups excluding tert-OH is 1. The van der Waals surface area contributed by atoms with Crippen molar-refractivity contribution < 1.29 is 9.84 Å². The number of ether oxygens (including phenoxy) is 1. The first-order chi connectivity index (χ1) is 6.46. The van der Waals surface area contributed by atoms with Crippen LogP contribution in [0.25, 0.3) is 0 Å². The first-order valence-corrected chi connectivity index (χ1v) is 9.03. The molecular formula is C11H22O2Si. The van der Waals surface area contributed by atoms with E-state index >= 15 is 0 Å². The first-order valence-electron chi connectivity index (χ1n) is 5.45. The van der Waals surface area contributed by atoms with Gasteiger partial charge in [0.25, 0.3) is 0 Å². The first kappa shape index (κ1) is 11.9. The molecule has 14 heavy (non-hydrogen) atoms. The quantitative estimate of drug-likeness (QED) is 0.433. The van der Waals surface area contributed by atoms with Gasteiger partial charge in [-0.15, -0.1) is 0 Å². The molecule has 3 atom stereocenters. The van der Waals surface area contributed by atoms with E-state index in [1.54, 1.807) is 0 Å². The molecule has 0 bridgehead atoms. The monoisotopic (exact) mass is 214 g/mol. The van der Waals surface area contributed by atoms with Crippen molar-refractivity contribution in [2.45, 2.75) is 57.3 Å². The zero-order valence-corrected chi connectivity index (χ0v) is 10.7. The van der Waals surface area contributed by atoms with Gasteiger partial charge < -0.3 is 9.84 Å². The van der Waals surface area contributed by atoms with Gasteiger partial charge in [-0.05, 0) is 12.8 Å². The molecule has 0 radical (unpaired) electrons. The minimum Gasteiger partial charge on any atom is -0.390 e. The van der Waals surface area contributed by atoms with Crippen molar-refractivity contribution in [3.8, 4) is 0 Å². The Balaban J connectivity index is 2.29. The number of epoxide rings is 1. The van der Waals surface area contributed by atoms with Gasteiger partial charge in [-0.3, -0.25) is 0 Å². The molecule has 0 aromatic carbocycles. The molecule has 0 amide bonds. The van der Waals surface area contributed by atoms with E-state index in [9.17, 15) is 5.11 Å². The van der Waals surface area contributed by atoms with E-state index in [1.807, 2.05) is 6.08 Å². The molecule has 1 saturated heterocycles. The summed E-state index contributed by atoms with van der Waals surface area (Å²) in [6.07, 6.45) is 5.73. The highest BCUT2D eigenvalue weighted by atomic mass is 28.3. The second-order valence-electron chi connectivity index (χ2n) is 5.07. The van der Waals surface area contributed by atoms with E-state index in [0.717, 1.165) is 12.8 Å². The molecule has 0 aliphatic carbocycles. The highest BCUT2D eigenvalue weighted by Crippen LogP contribution is 2.34. The lowest BCUT2D eigenvalue weighted by atomic mass is 10.2. The summed E-state index contributed by atoms with van der Waals surface area (Å²) >= 11 is 0. The number of hydrogen-bond donors (Lipinski definition) is 1. The second kappa shape index (κ2) is 4.60. The summed E-state index contributed by atoms with van der Waals surface area (Å²) in [5.74, 6) is 0. The highest BCUT2D eigenvalue weighted by molar-refractivity contribution is 6.78. The Bertz CT molecular complexity index is 208. The summed E-state index contributed by atoms with van der Waals surface area (Å²) in [7, 11) is -1.20. The van der Waals surface area contributed by atoms with Crippen LogP contribution in [0, 0.1) is 0 Å². The van der Waals surface area contributed by atoms with Crippen LogP contribution >= 0.6 is 0 Å². The molecule has 3 heteroatoms. The molecule has 1 rings (SSSR count). The van der Waals surface area contributed by atoms with Gasteiger partial charge in [0.05, 0.1) is 19.9 Å². The van der Waals surface area contributed by atoms with E-state index < -0.39 is 8.07 Å². The fraction of sp³-hybridized carbons (Fsp3) is 0.818. The van der Waals surface area contributed by atoms with Gasteiger partial charge >= 0.3 is 0 Å². The van der Waals surface area contributed by atoms with Gasteiger partial charge in [-0.2, -0.15) is 0 Å². The summed E-state index contributed by atoms with van der Waals surface area (Å²) in [5, 5.41) is 9.80. The maximum absolute atomic E-state index is 9.80. The largest absolute Gasteiger partial charge is 0.390 e. The predicted octanol–water partition coefficient (Wildman–Crippen LogP) is 2.35. The normalized spacial score (nSPS) is 29.5. The van der Waals surface area contributed by atoms with E-state index in [4.69, 9.17) is 4.74 Å². The molecule has 1 aliphatic heterocycles. The van der Waals surface area contributed by atoms with E-state index in [2.05, 4.69) is 32.6 Å². The molecule has 0 saturated carbocycles. The molecule has 82 valence electrons. The lowest BCUT2D eigenvalue weighted by Gasteiger charge is -2.12. The van der Waals surface area contributed by atoms with Crippen LogP contribution < -0.4 is 0 Å². The van der Waals surface area contributed by atoms with Crippen LogP contribution in [0.3, 0.4) is 0 Å². The fourth-order valence-electron chi connectivity index (χ4n) is 1.65. The van der Waals surface area contributed by atoms with Gasteiger partial charge in [-0.25, -0.2) is 0 Å². The Morgan fingerprint density at radius 1 is 1.36 bits per heavy atom. The van der Waals surface area contributed by atoms with E-state index in [-0.39, 0.29) is 12.2 Å². The van der Waals surface area contributed by atoms with Crippen molar-refractivity contribution in [2.24, 2.45) is 0 Å². The van der Waals surface area contributed by atoms with E-state index in [1.165, 1.54) is 0 Å². The lowest BCUT2D eigenvalue weighted by molar-refractivity contribution is 0.138. The van der Waals surface area contributed by atoms with Crippen molar-refractivity contribution in [3.05, 3.63) is 12.2 Å². The Kier molecular flexibility index (Phi) is 3.92. The highest BCUT2D eigenvalue weighted by Gasteiger charge is 2.51. The van der Waals surface area contributed by atoms with Crippen LogP contribution in [0.2, 0.25) is 19.6 Å². The Morgan fingerprint density at radius 3 is 2.43 bits per heavy atom. The third-order valence-corrected chi connectivity index (χ3v) is 4.71. The molecule has 0 aromatic heterocycles. The van der Waals surface area contributed by atoms with Crippen molar-refractivity contribution in [1.29, 1.82) is 0 Å². The molecule has 1 heterocycles. The zero-order valence-electron chi connectivity index (χ0n) is 9.66. The second-order valence-corrected chi connectivity index (χ2v) is 10.4. The van der Waals surface area contributed by atoms with Crippen LogP contribution in [-0.2, 0) is 4.74 Å². The average molecular weight is 214 g/mol. The van der Waals surface area contributed by atoms with Crippen molar-refractivity contribution in [3.63, 3.8) is 0 Å². The van der Waals surface area contributed by atoms with Gasteiger partial charge in [-0.1, -0.05) is 38.7 Å². The summed E-state index contributed by atoms with van der Waals surface area (Å²) in [6, 6.07) is 0. The molecule has 2 nitrogen and oxygen atoms in total.